The number of hydrogen-bond donors (Lipinski definition) is 3. The van der Waals surface area contributed by atoms with Crippen LogP contribution in [0.25, 0.3) is 11.0 Å². The number of nitrogens with zero attached hydrogens (tertiary/aromatic N) is 2. The molecular formula is C11H14N4O2. The van der Waals surface area contributed by atoms with Crippen molar-refractivity contribution >= 4 is 16.9 Å². The van der Waals surface area contributed by atoms with Gasteiger partial charge in [0.2, 0.25) is 0 Å². The highest BCUT2D eigenvalue weighted by Gasteiger charge is 2.22. The molecular weight excluding hydrogens is 220 g/mol. The van der Waals surface area contributed by atoms with Crippen molar-refractivity contribution in [1.29, 1.82) is 0 Å². The van der Waals surface area contributed by atoms with Crippen molar-refractivity contribution in [3.8, 4) is 0 Å². The van der Waals surface area contributed by atoms with Crippen LogP contribution in [0.2, 0.25) is 0 Å². The van der Waals surface area contributed by atoms with E-state index < -0.39 is 5.54 Å². The normalized spacial score (nSPS) is 11.7. The third kappa shape index (κ3) is 2.26. The number of carbonyl (C=O) groups excluding carboxylic acids is 1. The van der Waals surface area contributed by atoms with E-state index in [2.05, 4.69) is 20.3 Å². The highest BCUT2D eigenvalue weighted by Crippen LogP contribution is 2.13. The minimum Gasteiger partial charge on any atom is -0.394 e. The number of aromatic nitrogens is 3. The third-order valence-electron chi connectivity index (χ3n) is 2.42. The van der Waals surface area contributed by atoms with Crippen LogP contribution in [0.15, 0.2) is 18.6 Å². The highest BCUT2D eigenvalue weighted by atomic mass is 16.3. The predicted octanol–water partition coefficient (Wildman–Crippen LogP) is 0.459. The van der Waals surface area contributed by atoms with Gasteiger partial charge >= 0.3 is 0 Å². The lowest BCUT2D eigenvalue weighted by Gasteiger charge is -2.23. The highest BCUT2D eigenvalue weighted by molar-refractivity contribution is 6.03. The zero-order valence-electron chi connectivity index (χ0n) is 9.69. The summed E-state index contributed by atoms with van der Waals surface area (Å²) in [5, 5.41) is 12.5. The average Bonchev–Trinajstić information content (AvgIpc) is 2.76. The number of aliphatic hydroxyl groups excluding tert-OH is 1. The van der Waals surface area contributed by atoms with Gasteiger partial charge in [0.25, 0.3) is 5.91 Å². The van der Waals surface area contributed by atoms with Crippen LogP contribution in [-0.4, -0.2) is 38.1 Å². The molecule has 2 aromatic heterocycles. The first-order valence-electron chi connectivity index (χ1n) is 5.25. The second-order valence-electron chi connectivity index (χ2n) is 4.46. The summed E-state index contributed by atoms with van der Waals surface area (Å²) >= 11 is 0. The molecule has 0 aliphatic carbocycles. The summed E-state index contributed by atoms with van der Waals surface area (Å²) in [6, 6.07) is 1.75. The van der Waals surface area contributed by atoms with Gasteiger partial charge in [0.05, 0.1) is 17.5 Å². The smallest absolute Gasteiger partial charge is 0.271 e. The standard InChI is InChI=1S/C11H14N4O2/c1-11(2,5-16)15-10(17)8-7-3-4-12-9(7)14-6-13-8/h3-4,6,16H,5H2,1-2H3,(H,15,17)(H,12,13,14). The number of fused-ring (bicyclic) bond motifs is 1. The number of aliphatic hydroxyl groups is 1. The Morgan fingerprint density at radius 3 is 3.00 bits per heavy atom. The molecule has 0 saturated carbocycles. The molecule has 0 aliphatic rings. The molecule has 6 nitrogen and oxygen atoms in total. The zero-order chi connectivity index (χ0) is 12.5. The Balaban J connectivity index is 2.34. The Morgan fingerprint density at radius 1 is 1.53 bits per heavy atom. The fourth-order valence-electron chi connectivity index (χ4n) is 1.46. The zero-order valence-corrected chi connectivity index (χ0v) is 9.69. The largest absolute Gasteiger partial charge is 0.394 e. The quantitative estimate of drug-likeness (QED) is 0.719. The van der Waals surface area contributed by atoms with Crippen molar-refractivity contribution in [3.05, 3.63) is 24.3 Å². The van der Waals surface area contributed by atoms with Gasteiger partial charge in [-0.2, -0.15) is 0 Å². The Kier molecular flexibility index (Phi) is 2.81. The molecule has 3 N–H and O–H groups in total. The van der Waals surface area contributed by atoms with E-state index in [-0.39, 0.29) is 12.5 Å². The van der Waals surface area contributed by atoms with Crippen LogP contribution in [0.5, 0.6) is 0 Å². The van der Waals surface area contributed by atoms with Crippen molar-refractivity contribution in [3.63, 3.8) is 0 Å². The van der Waals surface area contributed by atoms with Crippen LogP contribution < -0.4 is 5.32 Å². The lowest BCUT2D eigenvalue weighted by molar-refractivity contribution is 0.0866. The molecule has 0 atom stereocenters. The number of aromatic amines is 1. The molecule has 2 aromatic rings. The number of H-pyrrole nitrogens is 1. The topological polar surface area (TPSA) is 90.9 Å². The maximum Gasteiger partial charge on any atom is 0.271 e. The Labute approximate surface area is 98.1 Å². The van der Waals surface area contributed by atoms with Crippen molar-refractivity contribution in [2.24, 2.45) is 0 Å². The number of carbonyl (C=O) groups is 1. The summed E-state index contributed by atoms with van der Waals surface area (Å²) in [6.45, 7) is 3.33. The minimum absolute atomic E-state index is 0.139. The number of hydrogen-bond acceptors (Lipinski definition) is 4. The van der Waals surface area contributed by atoms with E-state index in [9.17, 15) is 4.79 Å². The summed E-state index contributed by atoms with van der Waals surface area (Å²) in [4.78, 5) is 22.9. The lowest BCUT2D eigenvalue weighted by Crippen LogP contribution is -2.46. The first kappa shape index (κ1) is 11.5. The van der Waals surface area contributed by atoms with Crippen molar-refractivity contribution in [2.75, 3.05) is 6.61 Å². The van der Waals surface area contributed by atoms with E-state index in [0.29, 0.717) is 16.7 Å². The van der Waals surface area contributed by atoms with Gasteiger partial charge in [-0.25, -0.2) is 9.97 Å². The third-order valence-corrected chi connectivity index (χ3v) is 2.42. The maximum absolute atomic E-state index is 12.0. The lowest BCUT2D eigenvalue weighted by atomic mass is 10.1. The van der Waals surface area contributed by atoms with Gasteiger partial charge in [-0.1, -0.05) is 0 Å². The van der Waals surface area contributed by atoms with Gasteiger partial charge < -0.3 is 15.4 Å². The SMILES string of the molecule is CC(C)(CO)NC(=O)c1ncnc2[nH]ccc12. The summed E-state index contributed by atoms with van der Waals surface area (Å²) in [5.74, 6) is -0.323. The van der Waals surface area contributed by atoms with E-state index in [4.69, 9.17) is 5.11 Å². The van der Waals surface area contributed by atoms with Crippen LogP contribution in [0.1, 0.15) is 24.3 Å². The first-order valence-corrected chi connectivity index (χ1v) is 5.25. The van der Waals surface area contributed by atoms with Crippen LogP contribution in [-0.2, 0) is 0 Å². The molecule has 2 rings (SSSR count). The monoisotopic (exact) mass is 234 g/mol. The molecule has 0 aliphatic heterocycles. The van der Waals surface area contributed by atoms with Gasteiger partial charge in [0, 0.05) is 6.20 Å². The number of amides is 1. The van der Waals surface area contributed by atoms with Crippen LogP contribution in [0.3, 0.4) is 0 Å². The molecule has 17 heavy (non-hydrogen) atoms. The molecule has 90 valence electrons. The van der Waals surface area contributed by atoms with E-state index in [1.807, 2.05) is 0 Å². The van der Waals surface area contributed by atoms with E-state index in [1.54, 1.807) is 26.1 Å². The second kappa shape index (κ2) is 4.14. The van der Waals surface area contributed by atoms with E-state index in [1.165, 1.54) is 6.33 Å². The van der Waals surface area contributed by atoms with Gasteiger partial charge in [-0.15, -0.1) is 0 Å². The minimum atomic E-state index is -0.676. The Bertz CT molecular complexity index is 547. The average molecular weight is 234 g/mol. The summed E-state index contributed by atoms with van der Waals surface area (Å²) in [7, 11) is 0. The molecule has 1 amide bonds. The molecule has 0 bridgehead atoms. The molecule has 0 fully saturated rings. The van der Waals surface area contributed by atoms with Gasteiger partial charge in [0.15, 0.2) is 0 Å². The van der Waals surface area contributed by atoms with Crippen molar-refractivity contribution in [1.82, 2.24) is 20.3 Å². The molecule has 6 heteroatoms. The van der Waals surface area contributed by atoms with Crippen LogP contribution in [0, 0.1) is 0 Å². The molecule has 0 unspecified atom stereocenters. The molecule has 2 heterocycles. The van der Waals surface area contributed by atoms with Crippen LogP contribution in [0.4, 0.5) is 0 Å². The van der Waals surface area contributed by atoms with Crippen molar-refractivity contribution < 1.29 is 9.90 Å². The molecule has 0 saturated heterocycles. The second-order valence-corrected chi connectivity index (χ2v) is 4.46. The van der Waals surface area contributed by atoms with Crippen LogP contribution >= 0.6 is 0 Å². The molecule has 0 spiro atoms. The Hall–Kier alpha value is -1.95. The maximum atomic E-state index is 12.0. The summed E-state index contributed by atoms with van der Waals surface area (Å²) in [6.07, 6.45) is 3.03. The van der Waals surface area contributed by atoms with Gasteiger partial charge in [-0.3, -0.25) is 4.79 Å². The van der Waals surface area contributed by atoms with E-state index >= 15 is 0 Å². The molecule has 0 radical (unpaired) electrons. The fourth-order valence-corrected chi connectivity index (χ4v) is 1.46. The predicted molar refractivity (Wildman–Crippen MR) is 62.5 cm³/mol. The Morgan fingerprint density at radius 2 is 2.29 bits per heavy atom. The van der Waals surface area contributed by atoms with Crippen molar-refractivity contribution in [2.45, 2.75) is 19.4 Å². The number of rotatable bonds is 3. The first-order chi connectivity index (χ1) is 8.03. The number of nitrogens with one attached hydrogen (secondary N) is 2. The summed E-state index contributed by atoms with van der Waals surface area (Å²) < 4.78 is 0. The molecule has 0 aromatic carbocycles. The summed E-state index contributed by atoms with van der Waals surface area (Å²) in [5.41, 5.74) is 0.245. The van der Waals surface area contributed by atoms with E-state index in [0.717, 1.165) is 0 Å². The fraction of sp³-hybridized carbons (Fsp3) is 0.364. The van der Waals surface area contributed by atoms with Gasteiger partial charge in [0.1, 0.15) is 17.7 Å². The van der Waals surface area contributed by atoms with Gasteiger partial charge in [-0.05, 0) is 19.9 Å².